The second kappa shape index (κ2) is 6.68. The van der Waals surface area contributed by atoms with E-state index >= 15 is 0 Å². The van der Waals surface area contributed by atoms with Crippen LogP contribution in [0.4, 0.5) is 5.69 Å². The Kier molecular flexibility index (Phi) is 4.93. The van der Waals surface area contributed by atoms with Gasteiger partial charge in [-0.1, -0.05) is 0 Å². The highest BCUT2D eigenvalue weighted by Gasteiger charge is 2.17. The highest BCUT2D eigenvalue weighted by atomic mass is 16.5. The molecule has 1 saturated heterocycles. The van der Waals surface area contributed by atoms with E-state index in [1.807, 2.05) is 11.9 Å². The monoisotopic (exact) mass is 266 g/mol. The van der Waals surface area contributed by atoms with Crippen molar-refractivity contribution in [3.05, 3.63) is 22.6 Å². The van der Waals surface area contributed by atoms with Gasteiger partial charge in [-0.15, -0.1) is 0 Å². The standard InChI is InChI=1S/C13H22N4O2/c1-16(6-7-19-2)12-8-13(18)17(15-10-12)11-4-3-5-14-9-11/h8,10-11,14H,3-7,9H2,1-2H3/t11-/m0/s1. The zero-order chi connectivity index (χ0) is 13.7. The molecule has 0 radical (unpaired) electrons. The Hall–Kier alpha value is -1.40. The number of ether oxygens (including phenoxy) is 1. The van der Waals surface area contributed by atoms with Gasteiger partial charge in [0.05, 0.1) is 24.5 Å². The molecule has 2 rings (SSSR count). The molecule has 6 heteroatoms. The molecule has 1 aliphatic heterocycles. The lowest BCUT2D eigenvalue weighted by Crippen LogP contribution is -2.38. The van der Waals surface area contributed by atoms with Crippen molar-refractivity contribution in [3.8, 4) is 0 Å². The van der Waals surface area contributed by atoms with Crippen LogP contribution in [0.25, 0.3) is 0 Å². The van der Waals surface area contributed by atoms with Gasteiger partial charge in [0, 0.05) is 33.3 Å². The van der Waals surface area contributed by atoms with Crippen molar-refractivity contribution in [2.75, 3.05) is 45.3 Å². The molecule has 106 valence electrons. The van der Waals surface area contributed by atoms with E-state index in [9.17, 15) is 4.79 Å². The Morgan fingerprint density at radius 1 is 1.63 bits per heavy atom. The molecular weight excluding hydrogens is 244 g/mol. The van der Waals surface area contributed by atoms with Crippen molar-refractivity contribution >= 4 is 5.69 Å². The Labute approximate surface area is 113 Å². The van der Waals surface area contributed by atoms with Gasteiger partial charge in [0.1, 0.15) is 0 Å². The maximum atomic E-state index is 12.1. The van der Waals surface area contributed by atoms with Gasteiger partial charge in [-0.3, -0.25) is 4.79 Å². The molecular formula is C13H22N4O2. The van der Waals surface area contributed by atoms with Crippen LogP contribution in [0.5, 0.6) is 0 Å². The number of nitrogens with one attached hydrogen (secondary N) is 1. The highest BCUT2D eigenvalue weighted by molar-refractivity contribution is 5.41. The van der Waals surface area contributed by atoms with Crippen molar-refractivity contribution in [2.45, 2.75) is 18.9 Å². The summed E-state index contributed by atoms with van der Waals surface area (Å²) in [5.41, 5.74) is 0.803. The van der Waals surface area contributed by atoms with Gasteiger partial charge in [-0.2, -0.15) is 5.10 Å². The molecule has 1 atom stereocenters. The van der Waals surface area contributed by atoms with E-state index in [1.54, 1.807) is 24.1 Å². The van der Waals surface area contributed by atoms with E-state index in [-0.39, 0.29) is 11.6 Å². The van der Waals surface area contributed by atoms with Crippen LogP contribution in [-0.2, 0) is 4.74 Å². The van der Waals surface area contributed by atoms with Crippen LogP contribution in [0.3, 0.4) is 0 Å². The Bertz CT molecular complexity index is 454. The molecule has 0 bridgehead atoms. The molecule has 6 nitrogen and oxygen atoms in total. The molecule has 19 heavy (non-hydrogen) atoms. The van der Waals surface area contributed by atoms with Crippen LogP contribution in [0.15, 0.2) is 17.1 Å². The summed E-state index contributed by atoms with van der Waals surface area (Å²) in [4.78, 5) is 14.1. The van der Waals surface area contributed by atoms with Crippen LogP contribution in [0.1, 0.15) is 18.9 Å². The molecule has 1 aromatic rings. The lowest BCUT2D eigenvalue weighted by atomic mass is 10.1. The van der Waals surface area contributed by atoms with Crippen molar-refractivity contribution in [1.82, 2.24) is 15.1 Å². The molecule has 1 aliphatic rings. The van der Waals surface area contributed by atoms with Gasteiger partial charge in [0.15, 0.2) is 0 Å². The van der Waals surface area contributed by atoms with E-state index in [0.717, 1.165) is 38.2 Å². The topological polar surface area (TPSA) is 59.4 Å². The maximum Gasteiger partial charge on any atom is 0.269 e. The highest BCUT2D eigenvalue weighted by Crippen LogP contribution is 2.14. The molecule has 1 fully saturated rings. The summed E-state index contributed by atoms with van der Waals surface area (Å²) in [6, 6.07) is 1.83. The number of hydrogen-bond donors (Lipinski definition) is 1. The lowest BCUT2D eigenvalue weighted by Gasteiger charge is -2.24. The summed E-state index contributed by atoms with van der Waals surface area (Å²) in [6.07, 6.45) is 3.86. The number of aromatic nitrogens is 2. The molecule has 0 aliphatic carbocycles. The zero-order valence-electron chi connectivity index (χ0n) is 11.6. The van der Waals surface area contributed by atoms with Crippen LogP contribution in [0, 0.1) is 0 Å². The van der Waals surface area contributed by atoms with E-state index in [4.69, 9.17) is 4.74 Å². The fourth-order valence-corrected chi connectivity index (χ4v) is 2.29. The second-order valence-corrected chi connectivity index (χ2v) is 4.91. The first-order valence-electron chi connectivity index (χ1n) is 6.72. The summed E-state index contributed by atoms with van der Waals surface area (Å²) in [5, 5.41) is 7.61. The van der Waals surface area contributed by atoms with E-state index in [1.165, 1.54) is 0 Å². The number of piperidine rings is 1. The summed E-state index contributed by atoms with van der Waals surface area (Å²) in [6.45, 7) is 3.23. The SMILES string of the molecule is COCCN(C)c1cnn([C@H]2CCCNC2)c(=O)c1. The van der Waals surface area contributed by atoms with Gasteiger partial charge < -0.3 is 15.0 Å². The molecule has 0 unspecified atom stereocenters. The Morgan fingerprint density at radius 2 is 2.47 bits per heavy atom. The Morgan fingerprint density at radius 3 is 3.11 bits per heavy atom. The molecule has 0 aromatic carbocycles. The normalized spacial score (nSPS) is 19.4. The second-order valence-electron chi connectivity index (χ2n) is 4.91. The average Bonchev–Trinajstić information content (AvgIpc) is 2.45. The first kappa shape index (κ1) is 14.0. The van der Waals surface area contributed by atoms with Gasteiger partial charge >= 0.3 is 0 Å². The summed E-state index contributed by atoms with van der Waals surface area (Å²) >= 11 is 0. The van der Waals surface area contributed by atoms with Crippen LogP contribution in [-0.4, -0.2) is 50.2 Å². The number of methoxy groups -OCH3 is 1. The van der Waals surface area contributed by atoms with E-state index in [0.29, 0.717) is 6.61 Å². The van der Waals surface area contributed by atoms with Crippen molar-refractivity contribution < 1.29 is 4.74 Å². The van der Waals surface area contributed by atoms with Gasteiger partial charge in [0.25, 0.3) is 5.56 Å². The molecule has 1 aromatic heterocycles. The summed E-state index contributed by atoms with van der Waals surface area (Å²) in [7, 11) is 3.60. The summed E-state index contributed by atoms with van der Waals surface area (Å²) in [5.74, 6) is 0. The van der Waals surface area contributed by atoms with Gasteiger partial charge in [0.2, 0.25) is 0 Å². The van der Waals surface area contributed by atoms with Crippen LogP contribution >= 0.6 is 0 Å². The molecule has 0 spiro atoms. The number of rotatable bonds is 5. The Balaban J connectivity index is 2.10. The largest absolute Gasteiger partial charge is 0.383 e. The first-order chi connectivity index (χ1) is 9.22. The van der Waals surface area contributed by atoms with E-state index in [2.05, 4.69) is 10.4 Å². The molecule has 0 saturated carbocycles. The van der Waals surface area contributed by atoms with Crippen LogP contribution in [0.2, 0.25) is 0 Å². The molecule has 2 heterocycles. The predicted molar refractivity (Wildman–Crippen MR) is 74.8 cm³/mol. The maximum absolute atomic E-state index is 12.1. The number of likely N-dealkylation sites (N-methyl/N-ethyl adjacent to an activating group) is 1. The number of nitrogens with zero attached hydrogens (tertiary/aromatic N) is 3. The quantitative estimate of drug-likeness (QED) is 0.828. The lowest BCUT2D eigenvalue weighted by molar-refractivity contribution is 0.206. The third-order valence-corrected chi connectivity index (χ3v) is 3.50. The van der Waals surface area contributed by atoms with Gasteiger partial charge in [-0.25, -0.2) is 4.68 Å². The van der Waals surface area contributed by atoms with Crippen LogP contribution < -0.4 is 15.8 Å². The smallest absolute Gasteiger partial charge is 0.269 e. The predicted octanol–water partition coefficient (Wildman–Crippen LogP) is 0.250. The van der Waals surface area contributed by atoms with Gasteiger partial charge in [-0.05, 0) is 19.4 Å². The molecule has 1 N–H and O–H groups in total. The fourth-order valence-electron chi connectivity index (χ4n) is 2.29. The fraction of sp³-hybridized carbons (Fsp3) is 0.692. The van der Waals surface area contributed by atoms with Crippen molar-refractivity contribution in [1.29, 1.82) is 0 Å². The van der Waals surface area contributed by atoms with Crippen molar-refractivity contribution in [2.24, 2.45) is 0 Å². The minimum absolute atomic E-state index is 0.0320. The minimum atomic E-state index is -0.0320. The van der Waals surface area contributed by atoms with E-state index < -0.39 is 0 Å². The number of hydrogen-bond acceptors (Lipinski definition) is 5. The molecule has 0 amide bonds. The third kappa shape index (κ3) is 3.54. The average molecular weight is 266 g/mol. The third-order valence-electron chi connectivity index (χ3n) is 3.50. The summed E-state index contributed by atoms with van der Waals surface area (Å²) < 4.78 is 6.63. The first-order valence-corrected chi connectivity index (χ1v) is 6.72. The zero-order valence-corrected chi connectivity index (χ0v) is 11.6. The number of anilines is 1. The van der Waals surface area contributed by atoms with Crippen molar-refractivity contribution in [3.63, 3.8) is 0 Å². The minimum Gasteiger partial charge on any atom is -0.383 e.